The monoisotopic (exact) mass is 489 g/mol. The Morgan fingerprint density at radius 1 is 1.12 bits per heavy atom. The van der Waals surface area contributed by atoms with Crippen molar-refractivity contribution in [1.82, 2.24) is 14.2 Å². The van der Waals surface area contributed by atoms with Crippen LogP contribution in [0.1, 0.15) is 18.4 Å². The zero-order chi connectivity index (χ0) is 23.2. The Balaban J connectivity index is 1.20. The Bertz CT molecular complexity index is 1390. The Hall–Kier alpha value is -2.89. The van der Waals surface area contributed by atoms with E-state index in [1.54, 1.807) is 19.2 Å². The smallest absolute Gasteiger partial charge is 0.307 e. The second kappa shape index (κ2) is 8.47. The number of ether oxygens (including phenoxy) is 2. The van der Waals surface area contributed by atoms with E-state index in [2.05, 4.69) is 5.32 Å². The summed E-state index contributed by atoms with van der Waals surface area (Å²) in [4.78, 5) is 24.5. The van der Waals surface area contributed by atoms with Gasteiger partial charge < -0.3 is 19.4 Å². The molecule has 0 spiro atoms. The van der Waals surface area contributed by atoms with Crippen LogP contribution in [0.2, 0.25) is 0 Å². The van der Waals surface area contributed by atoms with Crippen LogP contribution in [-0.4, -0.2) is 43.1 Å². The Labute approximate surface area is 194 Å². The number of piperidine rings is 1. The molecule has 11 heteroatoms. The van der Waals surface area contributed by atoms with Crippen molar-refractivity contribution in [1.29, 1.82) is 0 Å². The second-order valence-corrected chi connectivity index (χ2v) is 11.1. The van der Waals surface area contributed by atoms with E-state index in [4.69, 9.17) is 9.47 Å². The van der Waals surface area contributed by atoms with E-state index in [9.17, 15) is 18.0 Å². The Morgan fingerprint density at radius 2 is 1.88 bits per heavy atom. The third-order valence-corrected chi connectivity index (χ3v) is 9.02. The third-order valence-electron chi connectivity index (χ3n) is 6.13. The van der Waals surface area contributed by atoms with Crippen molar-refractivity contribution in [2.45, 2.75) is 24.3 Å². The minimum Gasteiger partial charge on any atom is -0.454 e. The first kappa shape index (κ1) is 21.9. The summed E-state index contributed by atoms with van der Waals surface area (Å²) < 4.78 is 40.5. The first-order valence-electron chi connectivity index (χ1n) is 10.6. The standard InChI is InChI=1S/C22H23N3O6S2/c1-24-17-4-3-16(11-20(17)32-22(24)27)33(28,29)25-8-6-15(7-9-25)21(26)23-12-14-2-5-18-19(10-14)31-13-30-18/h2-5,10-11,15H,6-9,12-13H2,1H3,(H,23,26). The quantitative estimate of drug-likeness (QED) is 0.588. The van der Waals surface area contributed by atoms with Crippen molar-refractivity contribution in [3.05, 3.63) is 51.6 Å². The Kier molecular flexibility index (Phi) is 5.63. The molecule has 1 aromatic heterocycles. The molecule has 1 amide bonds. The summed E-state index contributed by atoms with van der Waals surface area (Å²) in [5.74, 6) is 1.04. The summed E-state index contributed by atoms with van der Waals surface area (Å²) >= 11 is 1.03. The van der Waals surface area contributed by atoms with Gasteiger partial charge in [-0.2, -0.15) is 4.31 Å². The van der Waals surface area contributed by atoms with Gasteiger partial charge in [-0.1, -0.05) is 17.4 Å². The predicted octanol–water partition coefficient (Wildman–Crippen LogP) is 2.05. The highest BCUT2D eigenvalue weighted by Gasteiger charge is 2.32. The van der Waals surface area contributed by atoms with Gasteiger partial charge in [0.15, 0.2) is 11.5 Å². The average molecular weight is 490 g/mol. The van der Waals surface area contributed by atoms with Gasteiger partial charge in [-0.25, -0.2) is 8.42 Å². The molecule has 1 N–H and O–H groups in total. The minimum absolute atomic E-state index is 0.0832. The lowest BCUT2D eigenvalue weighted by molar-refractivity contribution is -0.126. The number of hydrogen-bond acceptors (Lipinski definition) is 7. The van der Waals surface area contributed by atoms with Crippen molar-refractivity contribution in [2.24, 2.45) is 13.0 Å². The molecule has 2 aliphatic heterocycles. The van der Waals surface area contributed by atoms with Crippen LogP contribution in [0, 0.1) is 5.92 Å². The molecule has 0 atom stereocenters. The molecular weight excluding hydrogens is 466 g/mol. The molecule has 2 aromatic carbocycles. The SMILES string of the molecule is Cn1c(=O)sc2cc(S(=O)(=O)N3CCC(C(=O)NCc4ccc5c(c4)OCO5)CC3)ccc21. The van der Waals surface area contributed by atoms with E-state index >= 15 is 0 Å². The number of fused-ring (bicyclic) bond motifs is 2. The van der Waals surface area contributed by atoms with E-state index in [1.165, 1.54) is 14.9 Å². The van der Waals surface area contributed by atoms with E-state index in [0.717, 1.165) is 16.9 Å². The van der Waals surface area contributed by atoms with Gasteiger partial charge in [0.05, 0.1) is 15.1 Å². The van der Waals surface area contributed by atoms with Crippen LogP contribution < -0.4 is 19.7 Å². The van der Waals surface area contributed by atoms with Crippen LogP contribution >= 0.6 is 11.3 Å². The normalized spacial score (nSPS) is 16.9. The summed E-state index contributed by atoms with van der Waals surface area (Å²) in [6.07, 6.45) is 0.903. The molecule has 33 heavy (non-hydrogen) atoms. The molecule has 0 bridgehead atoms. The first-order valence-corrected chi connectivity index (χ1v) is 12.8. The number of hydrogen-bond donors (Lipinski definition) is 1. The fourth-order valence-electron chi connectivity index (χ4n) is 4.17. The molecule has 1 saturated heterocycles. The molecular formula is C22H23N3O6S2. The number of rotatable bonds is 5. The third kappa shape index (κ3) is 4.11. The molecule has 1 fully saturated rings. The number of carbonyl (C=O) groups excluding carboxylic acids is 1. The fraction of sp³-hybridized carbons (Fsp3) is 0.364. The van der Waals surface area contributed by atoms with Crippen LogP contribution in [0.5, 0.6) is 11.5 Å². The number of aryl methyl sites for hydroxylation is 1. The number of thiazole rings is 1. The summed E-state index contributed by atoms with van der Waals surface area (Å²) in [5.41, 5.74) is 1.62. The van der Waals surface area contributed by atoms with Gasteiger partial charge in [0.1, 0.15) is 0 Å². The van der Waals surface area contributed by atoms with Crippen LogP contribution in [0.15, 0.2) is 46.1 Å². The lowest BCUT2D eigenvalue weighted by atomic mass is 9.97. The predicted molar refractivity (Wildman–Crippen MR) is 123 cm³/mol. The zero-order valence-electron chi connectivity index (χ0n) is 17.9. The highest BCUT2D eigenvalue weighted by Crippen LogP contribution is 2.32. The molecule has 0 unspecified atom stereocenters. The molecule has 3 heterocycles. The number of nitrogens with one attached hydrogen (secondary N) is 1. The molecule has 174 valence electrons. The van der Waals surface area contributed by atoms with Crippen molar-refractivity contribution >= 4 is 37.5 Å². The van der Waals surface area contributed by atoms with Crippen molar-refractivity contribution in [2.75, 3.05) is 19.9 Å². The molecule has 0 aliphatic carbocycles. The second-order valence-electron chi connectivity index (χ2n) is 8.14. The molecule has 0 saturated carbocycles. The lowest BCUT2D eigenvalue weighted by Gasteiger charge is -2.30. The number of nitrogens with zero attached hydrogens (tertiary/aromatic N) is 2. The topological polar surface area (TPSA) is 107 Å². The Morgan fingerprint density at radius 3 is 2.67 bits per heavy atom. The maximum absolute atomic E-state index is 13.1. The summed E-state index contributed by atoms with van der Waals surface area (Å²) in [7, 11) is -2.03. The van der Waals surface area contributed by atoms with E-state index in [1.807, 2.05) is 18.2 Å². The number of aromatic nitrogens is 1. The highest BCUT2D eigenvalue weighted by molar-refractivity contribution is 7.89. The van der Waals surface area contributed by atoms with E-state index in [0.29, 0.717) is 41.1 Å². The molecule has 9 nitrogen and oxygen atoms in total. The van der Waals surface area contributed by atoms with Gasteiger partial charge in [-0.15, -0.1) is 0 Å². The maximum Gasteiger partial charge on any atom is 0.307 e. The average Bonchev–Trinajstić information content (AvgIpc) is 3.40. The van der Waals surface area contributed by atoms with Crippen LogP contribution in [0.4, 0.5) is 0 Å². The van der Waals surface area contributed by atoms with Crippen molar-refractivity contribution in [3.63, 3.8) is 0 Å². The number of sulfonamides is 1. The van der Waals surface area contributed by atoms with Gasteiger partial charge in [0.25, 0.3) is 0 Å². The molecule has 0 radical (unpaired) electrons. The summed E-state index contributed by atoms with van der Waals surface area (Å²) in [6, 6.07) is 10.3. The lowest BCUT2D eigenvalue weighted by Crippen LogP contribution is -2.42. The molecule has 5 rings (SSSR count). The van der Waals surface area contributed by atoms with Crippen LogP contribution in [0.3, 0.4) is 0 Å². The van der Waals surface area contributed by atoms with Gasteiger partial charge in [-0.05, 0) is 48.7 Å². The largest absolute Gasteiger partial charge is 0.454 e. The van der Waals surface area contributed by atoms with E-state index < -0.39 is 10.0 Å². The van der Waals surface area contributed by atoms with E-state index in [-0.39, 0.29) is 41.5 Å². The molecule has 3 aromatic rings. The van der Waals surface area contributed by atoms with Gasteiger partial charge >= 0.3 is 4.87 Å². The first-order chi connectivity index (χ1) is 15.8. The van der Waals surface area contributed by atoms with Crippen molar-refractivity contribution in [3.8, 4) is 11.5 Å². The van der Waals surface area contributed by atoms with Crippen molar-refractivity contribution < 1.29 is 22.7 Å². The van der Waals surface area contributed by atoms with Crippen LogP contribution in [-0.2, 0) is 28.4 Å². The fourth-order valence-corrected chi connectivity index (χ4v) is 6.66. The number of benzene rings is 2. The number of amides is 1. The highest BCUT2D eigenvalue weighted by atomic mass is 32.2. The van der Waals surface area contributed by atoms with Crippen LogP contribution in [0.25, 0.3) is 10.2 Å². The summed E-state index contributed by atoms with van der Waals surface area (Å²) in [6.45, 7) is 1.11. The molecule has 2 aliphatic rings. The maximum atomic E-state index is 13.1. The summed E-state index contributed by atoms with van der Waals surface area (Å²) in [5, 5.41) is 2.94. The van der Waals surface area contributed by atoms with Gasteiger partial charge in [-0.3, -0.25) is 9.59 Å². The van der Waals surface area contributed by atoms with Gasteiger partial charge in [0.2, 0.25) is 22.7 Å². The minimum atomic E-state index is -3.70. The number of carbonyl (C=O) groups is 1. The van der Waals surface area contributed by atoms with Gasteiger partial charge in [0, 0.05) is 32.6 Å². The zero-order valence-corrected chi connectivity index (χ0v) is 19.6.